The molecule has 0 unspecified atom stereocenters. The highest BCUT2D eigenvalue weighted by Gasteiger charge is 2.90. The van der Waals surface area contributed by atoms with Gasteiger partial charge in [-0.1, -0.05) is 114 Å². The molecule has 10 aliphatic rings. The van der Waals surface area contributed by atoms with Gasteiger partial charge in [0, 0.05) is 57.3 Å². The number of allylic oxidation sites excluding steroid dienone is 4. The monoisotopic (exact) mass is 867 g/mol. The van der Waals surface area contributed by atoms with Crippen molar-refractivity contribution in [2.45, 2.75) is 116 Å². The number of hydrogen-bond donors (Lipinski definition) is 7. The van der Waals surface area contributed by atoms with E-state index in [1.807, 2.05) is 68.5 Å². The number of rotatable bonds is 5. The topological polar surface area (TPSA) is 217 Å². The molecule has 64 heavy (non-hydrogen) atoms. The molecule has 336 valence electrons. The van der Waals surface area contributed by atoms with E-state index < -0.39 is 103 Å². The van der Waals surface area contributed by atoms with Crippen LogP contribution in [0.15, 0.2) is 110 Å². The number of benzene rings is 1. The fourth-order valence-corrected chi connectivity index (χ4v) is 17.8. The number of aliphatic hydroxyl groups is 4. The molecule has 0 amide bonds. The number of nitrogens with two attached hydrogens (primary N) is 2. The Bertz CT molecular complexity index is 2660. The molecule has 0 saturated heterocycles. The first-order valence-electron chi connectivity index (χ1n) is 23.4. The predicted octanol–water partition coefficient (Wildman–Crippen LogP) is 6.58. The van der Waals surface area contributed by atoms with Crippen molar-refractivity contribution in [2.24, 2.45) is 79.0 Å². The summed E-state index contributed by atoms with van der Waals surface area (Å²) in [6.45, 7) is 11.6. The molecule has 0 heterocycles. The van der Waals surface area contributed by atoms with Gasteiger partial charge in [0.1, 0.15) is 22.7 Å². The zero-order valence-corrected chi connectivity index (χ0v) is 37.6. The maximum atomic E-state index is 16.5. The number of guanidine groups is 1. The second-order valence-corrected chi connectivity index (χ2v) is 22.3. The Morgan fingerprint density at radius 2 is 1.67 bits per heavy atom. The molecule has 2 bridgehead atoms. The molecular weight excluding hydrogens is 807 g/mol. The molecule has 0 radical (unpaired) electrons. The third-order valence-electron chi connectivity index (χ3n) is 20.1. The van der Waals surface area contributed by atoms with Crippen molar-refractivity contribution in [3.63, 3.8) is 0 Å². The number of nitrogens with zero attached hydrogens (tertiary/aromatic N) is 1. The van der Waals surface area contributed by atoms with E-state index >= 15 is 4.79 Å². The fraction of sp³-hybridized carbons (Fsp3) is 0.547. The Kier molecular flexibility index (Phi) is 8.19. The Hall–Kier alpha value is -4.84. The molecule has 10 aliphatic carbocycles. The molecule has 4 saturated carbocycles. The molecule has 0 aromatic heterocycles. The average molecular weight is 868 g/mol. The summed E-state index contributed by atoms with van der Waals surface area (Å²) in [7, 11) is 0. The Balaban J connectivity index is 1.31. The van der Waals surface area contributed by atoms with Crippen LogP contribution in [0.5, 0.6) is 0 Å². The number of fused-ring (bicyclic) bond motifs is 2. The molecule has 1 spiro atoms. The van der Waals surface area contributed by atoms with Gasteiger partial charge in [0.05, 0.1) is 11.6 Å². The van der Waals surface area contributed by atoms with Gasteiger partial charge >= 0.3 is 5.97 Å². The highest BCUT2D eigenvalue weighted by molar-refractivity contribution is 6.04. The summed E-state index contributed by atoms with van der Waals surface area (Å²) < 4.78 is 0. The third-order valence-corrected chi connectivity index (χ3v) is 20.1. The van der Waals surface area contributed by atoms with E-state index in [1.54, 1.807) is 0 Å². The van der Waals surface area contributed by atoms with Crippen molar-refractivity contribution in [3.8, 4) is 0 Å². The van der Waals surface area contributed by atoms with Crippen molar-refractivity contribution in [1.29, 1.82) is 0 Å². The molecule has 11 nitrogen and oxygen atoms in total. The summed E-state index contributed by atoms with van der Waals surface area (Å²) >= 11 is 0. The second kappa shape index (κ2) is 12.5. The summed E-state index contributed by atoms with van der Waals surface area (Å²) in [5.41, 5.74) is 5.36. The number of carbonyl (C=O) groups excluding carboxylic acids is 2. The number of ketones is 2. The highest BCUT2D eigenvalue weighted by Crippen LogP contribution is 2.89. The molecule has 4 fully saturated rings. The summed E-state index contributed by atoms with van der Waals surface area (Å²) in [6.07, 6.45) is 15.4. The summed E-state index contributed by atoms with van der Waals surface area (Å²) in [5, 5.41) is 65.8. The van der Waals surface area contributed by atoms with Crippen molar-refractivity contribution >= 4 is 29.6 Å². The van der Waals surface area contributed by atoms with Gasteiger partial charge in [-0.05, 0) is 90.2 Å². The number of carboxylic acid groups (broad SMARTS) is 1. The van der Waals surface area contributed by atoms with Crippen molar-refractivity contribution in [1.82, 2.24) is 0 Å². The number of aliphatic hydroxyl groups excluding tert-OH is 1. The minimum absolute atomic E-state index is 0.0534. The van der Waals surface area contributed by atoms with Gasteiger partial charge in [-0.3, -0.25) is 9.59 Å². The minimum atomic E-state index is -2.30. The first kappa shape index (κ1) is 41.8. The largest absolute Gasteiger partial charge is 0.508 e. The van der Waals surface area contributed by atoms with Crippen LogP contribution in [-0.4, -0.2) is 71.9 Å². The quantitative estimate of drug-likeness (QED) is 0.0555. The van der Waals surface area contributed by atoms with E-state index in [1.165, 1.54) is 6.92 Å². The van der Waals surface area contributed by atoms with E-state index in [4.69, 9.17) is 16.5 Å². The van der Waals surface area contributed by atoms with Gasteiger partial charge in [0.2, 0.25) is 0 Å². The number of Topliss-reactive ketones (excluding diaryl/α,β-unsaturated/α-hetero) is 2. The fourth-order valence-electron chi connectivity index (χ4n) is 17.8. The summed E-state index contributed by atoms with van der Waals surface area (Å²) in [4.78, 5) is 48.3. The average Bonchev–Trinajstić information content (AvgIpc) is 3.69. The van der Waals surface area contributed by atoms with Crippen molar-refractivity contribution < 1.29 is 39.9 Å². The number of carboxylic acids is 1. The molecule has 11 rings (SSSR count). The molecule has 9 N–H and O–H groups in total. The maximum absolute atomic E-state index is 16.5. The van der Waals surface area contributed by atoms with Crippen LogP contribution in [0.3, 0.4) is 0 Å². The van der Waals surface area contributed by atoms with Crippen LogP contribution < -0.4 is 11.5 Å². The number of hydrogen-bond acceptors (Lipinski definition) is 8. The molecule has 1 aromatic rings. The molecular formula is C53H61N3O8. The van der Waals surface area contributed by atoms with Crippen molar-refractivity contribution in [2.75, 3.05) is 0 Å². The van der Waals surface area contributed by atoms with Gasteiger partial charge in [0.15, 0.2) is 17.3 Å². The predicted molar refractivity (Wildman–Crippen MR) is 241 cm³/mol. The first-order chi connectivity index (χ1) is 30.0. The van der Waals surface area contributed by atoms with Gasteiger partial charge in [-0.15, -0.1) is 0 Å². The van der Waals surface area contributed by atoms with Gasteiger partial charge < -0.3 is 37.0 Å². The van der Waals surface area contributed by atoms with Crippen LogP contribution in [0.4, 0.5) is 0 Å². The second-order valence-electron chi connectivity index (χ2n) is 22.3. The number of aliphatic imine (C=N–C) groups is 1. The summed E-state index contributed by atoms with van der Waals surface area (Å²) in [5.74, 6) is -6.51. The third kappa shape index (κ3) is 4.24. The van der Waals surface area contributed by atoms with Crippen LogP contribution >= 0.6 is 0 Å². The lowest BCUT2D eigenvalue weighted by molar-refractivity contribution is -0.181. The van der Waals surface area contributed by atoms with Crippen molar-refractivity contribution in [3.05, 3.63) is 111 Å². The molecule has 0 aliphatic heterocycles. The van der Waals surface area contributed by atoms with Crippen LogP contribution in [0.2, 0.25) is 0 Å². The Morgan fingerprint density at radius 1 is 0.969 bits per heavy atom. The van der Waals surface area contributed by atoms with E-state index in [2.05, 4.69) is 32.9 Å². The highest BCUT2D eigenvalue weighted by atomic mass is 16.4. The SMILES string of the molecule is C/C(C(=O)O)=C(/O)[C@]1(O)C2=CCC3=C2[C@H]2[C@]45C=C[C@@H](N=C(N)N)[C@H]1[C@H]4CCCC[C@H]1C(=O)C4=C6[C@@](C)([C@]15C)[C@]2(O)C(=C[C@@]6(O)[C@H](/C=C/c1ccccc1)[C@@H]1C(C)(C)C(=O)CC[C@]41C)C3. The number of carbonyl (C=O) groups is 3. The van der Waals surface area contributed by atoms with Gasteiger partial charge in [-0.25, -0.2) is 9.79 Å². The lowest BCUT2D eigenvalue weighted by atomic mass is 9.32. The molecule has 14 atom stereocenters. The smallest absolute Gasteiger partial charge is 0.334 e. The van der Waals surface area contributed by atoms with Crippen LogP contribution in [-0.2, 0) is 14.4 Å². The standard InChI is InChI=1S/C53H61N3O8/c1-26(44(60)61)43(59)52(63)30-19-17-28-24-29-25-51(62)33(18-16-27-12-8-7-9-13-27)40-46(2,3)35(57)21-22-47(40,4)38-39(58)32-15-11-10-14-31-37(52)34(56-45(54)55)20-23-50(31)41(36(28)30)53(29,64)49(6,42(38)51)48(32,50)5/h7-9,12-13,16,18-20,23,25,31-34,37,40-41,59,62-64H,10-11,14-15,17,21-22,24H2,1-6H3,(H,60,61)(H4,54,55,56)/b18-16+,43-26-/t31-,32+,33-,34-,37-,40-,41+,47-,48+,49+,50+,51-,52+,53+/m1/s1. The zero-order valence-electron chi connectivity index (χ0n) is 37.6. The lowest BCUT2D eigenvalue weighted by Crippen LogP contribution is -2.73. The Morgan fingerprint density at radius 3 is 2.36 bits per heavy atom. The van der Waals surface area contributed by atoms with Crippen LogP contribution in [0.25, 0.3) is 6.08 Å². The van der Waals surface area contributed by atoms with E-state index in [9.17, 15) is 35.1 Å². The molecule has 11 heteroatoms. The maximum Gasteiger partial charge on any atom is 0.334 e. The first-order valence-corrected chi connectivity index (χ1v) is 23.4. The van der Waals surface area contributed by atoms with E-state index in [-0.39, 0.29) is 30.4 Å². The van der Waals surface area contributed by atoms with E-state index in [0.29, 0.717) is 66.4 Å². The normalized spacial score (nSPS) is 46.7. The zero-order chi connectivity index (χ0) is 45.7. The summed E-state index contributed by atoms with van der Waals surface area (Å²) in [6, 6.07) is 8.97. The van der Waals surface area contributed by atoms with Crippen LogP contribution in [0.1, 0.15) is 98.5 Å². The van der Waals surface area contributed by atoms with E-state index in [0.717, 1.165) is 11.1 Å². The minimum Gasteiger partial charge on any atom is -0.508 e. The number of aliphatic carboxylic acids is 1. The van der Waals surface area contributed by atoms with Gasteiger partial charge in [-0.2, -0.15) is 0 Å². The lowest BCUT2D eigenvalue weighted by Gasteiger charge is -2.71. The molecule has 1 aromatic carbocycles. The Labute approximate surface area is 374 Å². The van der Waals surface area contributed by atoms with Crippen LogP contribution in [0, 0.1) is 62.6 Å². The van der Waals surface area contributed by atoms with Gasteiger partial charge in [0.25, 0.3) is 0 Å².